The third-order valence-electron chi connectivity index (χ3n) is 5.57. The van der Waals surface area contributed by atoms with E-state index in [1.54, 1.807) is 26.2 Å². The summed E-state index contributed by atoms with van der Waals surface area (Å²) in [6, 6.07) is 7.58. The number of anilines is 2. The highest BCUT2D eigenvalue weighted by Gasteiger charge is 2.32. The quantitative estimate of drug-likeness (QED) is 0.445. The normalized spacial score (nSPS) is 15.1. The zero-order chi connectivity index (χ0) is 24.5. The predicted octanol–water partition coefficient (Wildman–Crippen LogP) is 4.22. The van der Waals surface area contributed by atoms with Crippen LogP contribution in [0.25, 0.3) is 10.9 Å². The molecule has 3 aromatic rings. The van der Waals surface area contributed by atoms with Gasteiger partial charge in [-0.3, -0.25) is 0 Å². The average molecular weight is 475 g/mol. The van der Waals surface area contributed by atoms with Gasteiger partial charge in [0.15, 0.2) is 11.5 Å². The summed E-state index contributed by atoms with van der Waals surface area (Å²) < 4.78 is 50.3. The number of hydrogen-bond donors (Lipinski definition) is 2. The van der Waals surface area contributed by atoms with Crippen LogP contribution in [-0.2, 0) is 15.4 Å². The average Bonchev–Trinajstić information content (AvgIpc) is 2.75. The largest absolute Gasteiger partial charge is 0.493 e. The van der Waals surface area contributed by atoms with E-state index in [9.17, 15) is 8.78 Å². The molecule has 0 aliphatic carbocycles. The van der Waals surface area contributed by atoms with Crippen molar-refractivity contribution in [1.29, 1.82) is 0 Å². The van der Waals surface area contributed by atoms with Crippen LogP contribution in [0.15, 0.2) is 30.3 Å². The van der Waals surface area contributed by atoms with Crippen molar-refractivity contribution in [3.63, 3.8) is 0 Å². The molecule has 1 aromatic heterocycles. The minimum absolute atomic E-state index is 0.0486. The van der Waals surface area contributed by atoms with Gasteiger partial charge < -0.3 is 30.0 Å². The van der Waals surface area contributed by atoms with E-state index in [-0.39, 0.29) is 23.4 Å². The summed E-state index contributed by atoms with van der Waals surface area (Å²) in [5.41, 5.74) is 7.24. The molecule has 3 N–H and O–H groups in total. The lowest BCUT2D eigenvalue weighted by Gasteiger charge is -2.27. The molecule has 1 aliphatic rings. The fourth-order valence-corrected chi connectivity index (χ4v) is 3.77. The van der Waals surface area contributed by atoms with Gasteiger partial charge in [-0.25, -0.2) is 9.97 Å². The summed E-state index contributed by atoms with van der Waals surface area (Å²) in [5, 5.41) is 4.03. The number of aromatic nitrogens is 2. The summed E-state index contributed by atoms with van der Waals surface area (Å²) in [6.07, 6.45) is -0.0486. The lowest BCUT2D eigenvalue weighted by molar-refractivity contribution is -0.0802. The number of fused-ring (bicyclic) bond motifs is 1. The van der Waals surface area contributed by atoms with Gasteiger partial charge in [0.05, 0.1) is 31.9 Å². The second-order valence-electron chi connectivity index (χ2n) is 8.31. The number of rotatable bonds is 9. The Balaban J connectivity index is 1.70. The van der Waals surface area contributed by atoms with Crippen molar-refractivity contribution in [2.24, 2.45) is 0 Å². The first kappa shape index (κ1) is 23.9. The van der Waals surface area contributed by atoms with Gasteiger partial charge >= 0.3 is 0 Å². The summed E-state index contributed by atoms with van der Waals surface area (Å²) in [5.74, 6) is -0.968. The molecule has 1 atom stereocenters. The van der Waals surface area contributed by atoms with E-state index in [1.807, 2.05) is 13.0 Å². The van der Waals surface area contributed by atoms with Crippen LogP contribution in [0.1, 0.15) is 29.9 Å². The van der Waals surface area contributed by atoms with E-state index >= 15 is 0 Å². The lowest BCUT2D eigenvalue weighted by Crippen LogP contribution is -2.38. The number of alkyl halides is 2. The monoisotopic (exact) mass is 474 g/mol. The van der Waals surface area contributed by atoms with Crippen LogP contribution < -0.4 is 20.5 Å². The van der Waals surface area contributed by atoms with Gasteiger partial charge in [-0.2, -0.15) is 8.78 Å². The molecule has 4 rings (SSSR count). The van der Waals surface area contributed by atoms with Crippen molar-refractivity contribution in [2.45, 2.75) is 31.9 Å². The van der Waals surface area contributed by atoms with Crippen LogP contribution in [0.3, 0.4) is 0 Å². The Bertz CT molecular complexity index is 1190. The number of aryl methyl sites for hydroxylation is 1. The smallest absolute Gasteiger partial charge is 0.296 e. The van der Waals surface area contributed by atoms with Crippen molar-refractivity contribution in [1.82, 2.24) is 9.97 Å². The molecule has 10 heteroatoms. The molecule has 2 heterocycles. The van der Waals surface area contributed by atoms with Gasteiger partial charge in [-0.15, -0.1) is 0 Å². The molecular weight excluding hydrogens is 446 g/mol. The van der Waals surface area contributed by atoms with Gasteiger partial charge in [-0.1, -0.05) is 0 Å². The number of benzene rings is 2. The topological polar surface area (TPSA) is 101 Å². The Morgan fingerprint density at radius 2 is 1.91 bits per heavy atom. The fraction of sp³-hybridized carbons (Fsp3) is 0.417. The van der Waals surface area contributed by atoms with Gasteiger partial charge in [-0.05, 0) is 43.7 Å². The van der Waals surface area contributed by atoms with Gasteiger partial charge in [0.1, 0.15) is 24.4 Å². The van der Waals surface area contributed by atoms with E-state index in [2.05, 4.69) is 20.0 Å². The van der Waals surface area contributed by atoms with Crippen LogP contribution in [0, 0.1) is 6.92 Å². The Hall–Kier alpha value is -3.24. The van der Waals surface area contributed by atoms with E-state index in [4.69, 9.17) is 19.9 Å². The van der Waals surface area contributed by atoms with Gasteiger partial charge in [0.25, 0.3) is 5.92 Å². The highest BCUT2D eigenvalue weighted by Crippen LogP contribution is 2.37. The van der Waals surface area contributed by atoms with Crippen molar-refractivity contribution in [3.05, 3.63) is 47.3 Å². The SMILES string of the molecule is COCC(F)(F)c1cc(N)cc([C@@H](C)Nc2nc(C)nc3cc(OC)c(OC4COC4)cc23)c1. The summed E-state index contributed by atoms with van der Waals surface area (Å²) in [4.78, 5) is 9.07. The molecule has 0 amide bonds. The molecule has 1 aliphatic heterocycles. The molecule has 34 heavy (non-hydrogen) atoms. The first-order valence-electron chi connectivity index (χ1n) is 10.8. The predicted molar refractivity (Wildman–Crippen MR) is 125 cm³/mol. The Kier molecular flexibility index (Phi) is 6.72. The van der Waals surface area contributed by atoms with Crippen LogP contribution in [0.2, 0.25) is 0 Å². The zero-order valence-electron chi connectivity index (χ0n) is 19.5. The number of methoxy groups -OCH3 is 2. The Morgan fingerprint density at radius 1 is 1.15 bits per heavy atom. The first-order chi connectivity index (χ1) is 16.2. The van der Waals surface area contributed by atoms with Gasteiger partial charge in [0.2, 0.25) is 0 Å². The summed E-state index contributed by atoms with van der Waals surface area (Å²) in [7, 11) is 2.80. The van der Waals surface area contributed by atoms with E-state index in [0.717, 1.165) is 0 Å². The molecule has 0 unspecified atom stereocenters. The molecule has 8 nitrogen and oxygen atoms in total. The Morgan fingerprint density at radius 3 is 2.56 bits per heavy atom. The van der Waals surface area contributed by atoms with Crippen molar-refractivity contribution in [3.8, 4) is 11.5 Å². The van der Waals surface area contributed by atoms with Crippen molar-refractivity contribution < 1.29 is 27.7 Å². The van der Waals surface area contributed by atoms with Crippen LogP contribution in [-0.4, -0.2) is 50.1 Å². The van der Waals surface area contributed by atoms with Gasteiger partial charge in [0, 0.05) is 29.8 Å². The molecule has 1 fully saturated rings. The fourth-order valence-electron chi connectivity index (χ4n) is 3.77. The number of nitrogens with zero attached hydrogens (tertiary/aromatic N) is 2. The standard InChI is InChI=1S/C24H28F2N4O4/c1-13(15-5-16(7-17(27)6-15)24(25,26)12-31-3)28-23-19-8-22(34-18-10-33-11-18)21(32-4)9-20(19)29-14(2)30-23/h5-9,13,18H,10-12,27H2,1-4H3,(H,28,29,30)/t13-/m1/s1. The van der Waals surface area contributed by atoms with Crippen LogP contribution in [0.4, 0.5) is 20.3 Å². The highest BCUT2D eigenvalue weighted by molar-refractivity contribution is 5.92. The van der Waals surface area contributed by atoms with E-state index in [1.165, 1.54) is 19.2 Å². The lowest BCUT2D eigenvalue weighted by atomic mass is 10.00. The first-order valence-corrected chi connectivity index (χ1v) is 10.8. The maximum Gasteiger partial charge on any atom is 0.296 e. The minimum Gasteiger partial charge on any atom is -0.493 e. The third kappa shape index (κ3) is 4.97. The van der Waals surface area contributed by atoms with Crippen molar-refractivity contribution >= 4 is 22.4 Å². The molecule has 1 saturated heterocycles. The number of nitrogen functional groups attached to an aromatic ring is 1. The molecular formula is C24H28F2N4O4. The number of nitrogens with two attached hydrogens (primary N) is 1. The summed E-state index contributed by atoms with van der Waals surface area (Å²) >= 11 is 0. The second-order valence-corrected chi connectivity index (χ2v) is 8.31. The number of hydrogen-bond acceptors (Lipinski definition) is 8. The van der Waals surface area contributed by atoms with Crippen molar-refractivity contribution in [2.75, 3.05) is 45.1 Å². The molecule has 0 radical (unpaired) electrons. The third-order valence-corrected chi connectivity index (χ3v) is 5.57. The molecule has 0 bridgehead atoms. The minimum atomic E-state index is -3.16. The number of ether oxygens (including phenoxy) is 4. The Labute approximate surface area is 196 Å². The van der Waals surface area contributed by atoms with Crippen LogP contribution in [0.5, 0.6) is 11.5 Å². The highest BCUT2D eigenvalue weighted by atomic mass is 19.3. The molecule has 182 valence electrons. The molecule has 0 saturated carbocycles. The van der Waals surface area contributed by atoms with E-state index < -0.39 is 12.5 Å². The molecule has 0 spiro atoms. The number of nitrogens with one attached hydrogen (secondary N) is 1. The summed E-state index contributed by atoms with van der Waals surface area (Å²) in [6.45, 7) is 3.92. The molecule has 2 aromatic carbocycles. The maximum absolute atomic E-state index is 14.5. The zero-order valence-corrected chi connectivity index (χ0v) is 19.5. The van der Waals surface area contributed by atoms with Crippen LogP contribution >= 0.6 is 0 Å². The number of halogens is 2. The van der Waals surface area contributed by atoms with E-state index in [0.29, 0.717) is 52.8 Å². The maximum atomic E-state index is 14.5. The second kappa shape index (κ2) is 9.55.